The Kier molecular flexibility index (Phi) is 4.72. The maximum atomic E-state index is 12.9. The van der Waals surface area contributed by atoms with E-state index < -0.39 is 0 Å². The molecule has 84 valence electrons. The molecule has 0 spiro atoms. The number of likely N-dealkylation sites (N-methyl/N-ethyl adjacent to an activating group) is 1. The van der Waals surface area contributed by atoms with Crippen LogP contribution in [0.25, 0.3) is 0 Å². The summed E-state index contributed by atoms with van der Waals surface area (Å²) in [5, 5.41) is 3.29. The Morgan fingerprint density at radius 3 is 2.73 bits per heavy atom. The first-order valence-electron chi connectivity index (χ1n) is 5.20. The molecule has 0 atom stereocenters. The van der Waals surface area contributed by atoms with Gasteiger partial charge in [-0.25, -0.2) is 4.39 Å². The first-order chi connectivity index (χ1) is 7.09. The fourth-order valence-corrected chi connectivity index (χ4v) is 1.36. The van der Waals surface area contributed by atoms with Crippen LogP contribution >= 0.6 is 0 Å². The fourth-order valence-electron chi connectivity index (χ4n) is 1.36. The molecule has 0 aliphatic heterocycles. The highest BCUT2D eigenvalue weighted by molar-refractivity contribution is 5.26. The fraction of sp³-hybridized carbons (Fsp3) is 0.500. The number of nitrogens with one attached hydrogen (secondary N) is 1. The van der Waals surface area contributed by atoms with E-state index in [1.54, 1.807) is 6.07 Å². The third-order valence-electron chi connectivity index (χ3n) is 2.36. The number of hydrogen-bond acceptors (Lipinski definition) is 2. The lowest BCUT2D eigenvalue weighted by molar-refractivity contribution is 0.399. The second-order valence-electron chi connectivity index (χ2n) is 4.05. The number of nitrogens with zero attached hydrogens (tertiary/aromatic N) is 1. The SMILES string of the molecule is Cc1ccc(F)cc1CNCCN(C)C. The largest absolute Gasteiger partial charge is 0.311 e. The van der Waals surface area contributed by atoms with E-state index in [0.29, 0.717) is 0 Å². The lowest BCUT2D eigenvalue weighted by Crippen LogP contribution is -2.26. The van der Waals surface area contributed by atoms with Crippen LogP contribution in [0.3, 0.4) is 0 Å². The van der Waals surface area contributed by atoms with E-state index >= 15 is 0 Å². The van der Waals surface area contributed by atoms with Crippen molar-refractivity contribution in [1.29, 1.82) is 0 Å². The Balaban J connectivity index is 2.40. The van der Waals surface area contributed by atoms with Crippen LogP contribution in [-0.2, 0) is 6.54 Å². The topological polar surface area (TPSA) is 15.3 Å². The van der Waals surface area contributed by atoms with Gasteiger partial charge in [-0.05, 0) is 44.3 Å². The molecule has 0 fully saturated rings. The third kappa shape index (κ3) is 4.40. The van der Waals surface area contributed by atoms with Gasteiger partial charge >= 0.3 is 0 Å². The summed E-state index contributed by atoms with van der Waals surface area (Å²) in [6.45, 7) is 4.65. The van der Waals surface area contributed by atoms with Gasteiger partial charge in [0.05, 0.1) is 0 Å². The predicted molar refractivity (Wildman–Crippen MR) is 61.4 cm³/mol. The van der Waals surface area contributed by atoms with Crippen molar-refractivity contribution in [3.63, 3.8) is 0 Å². The van der Waals surface area contributed by atoms with Crippen LogP contribution in [0.5, 0.6) is 0 Å². The number of aryl methyl sites for hydroxylation is 1. The van der Waals surface area contributed by atoms with Crippen molar-refractivity contribution in [2.24, 2.45) is 0 Å². The summed E-state index contributed by atoms with van der Waals surface area (Å²) >= 11 is 0. The molecule has 0 amide bonds. The van der Waals surface area contributed by atoms with Gasteiger partial charge in [0.25, 0.3) is 0 Å². The highest BCUT2D eigenvalue weighted by Gasteiger charge is 1.99. The van der Waals surface area contributed by atoms with E-state index in [1.165, 1.54) is 6.07 Å². The molecule has 0 radical (unpaired) electrons. The Morgan fingerprint density at radius 2 is 2.07 bits per heavy atom. The molecule has 0 aliphatic rings. The summed E-state index contributed by atoms with van der Waals surface area (Å²) in [6.07, 6.45) is 0. The van der Waals surface area contributed by atoms with Gasteiger partial charge in [0.2, 0.25) is 0 Å². The molecule has 1 rings (SSSR count). The van der Waals surface area contributed by atoms with Crippen molar-refractivity contribution in [3.8, 4) is 0 Å². The van der Waals surface area contributed by atoms with Crippen molar-refractivity contribution in [1.82, 2.24) is 10.2 Å². The van der Waals surface area contributed by atoms with Crippen LogP contribution in [-0.4, -0.2) is 32.1 Å². The van der Waals surface area contributed by atoms with Crippen LogP contribution in [0.2, 0.25) is 0 Å². The van der Waals surface area contributed by atoms with Crippen molar-refractivity contribution < 1.29 is 4.39 Å². The summed E-state index contributed by atoms with van der Waals surface area (Å²) in [5.41, 5.74) is 2.17. The molecular weight excluding hydrogens is 191 g/mol. The Hall–Kier alpha value is -0.930. The van der Waals surface area contributed by atoms with Gasteiger partial charge in [0.15, 0.2) is 0 Å². The van der Waals surface area contributed by atoms with Crippen molar-refractivity contribution in [2.45, 2.75) is 13.5 Å². The Morgan fingerprint density at radius 1 is 1.33 bits per heavy atom. The third-order valence-corrected chi connectivity index (χ3v) is 2.36. The zero-order chi connectivity index (χ0) is 11.3. The van der Waals surface area contributed by atoms with E-state index in [-0.39, 0.29) is 5.82 Å². The van der Waals surface area contributed by atoms with Gasteiger partial charge < -0.3 is 10.2 Å². The minimum absolute atomic E-state index is 0.162. The quantitative estimate of drug-likeness (QED) is 0.745. The predicted octanol–water partition coefficient (Wildman–Crippen LogP) is 1.79. The van der Waals surface area contributed by atoms with Crippen LogP contribution < -0.4 is 5.32 Å². The maximum absolute atomic E-state index is 12.9. The molecule has 2 nitrogen and oxygen atoms in total. The number of rotatable bonds is 5. The summed E-state index contributed by atoms with van der Waals surface area (Å²) in [7, 11) is 4.07. The number of hydrogen-bond donors (Lipinski definition) is 1. The van der Waals surface area contributed by atoms with Crippen molar-refractivity contribution >= 4 is 0 Å². The van der Waals surface area contributed by atoms with E-state index in [9.17, 15) is 4.39 Å². The van der Waals surface area contributed by atoms with Crippen LogP contribution in [0.1, 0.15) is 11.1 Å². The van der Waals surface area contributed by atoms with E-state index in [1.807, 2.05) is 27.1 Å². The molecule has 0 unspecified atom stereocenters. The van der Waals surface area contributed by atoms with E-state index in [2.05, 4.69) is 10.2 Å². The van der Waals surface area contributed by atoms with Crippen LogP contribution in [0.4, 0.5) is 4.39 Å². The normalized spacial score (nSPS) is 11.0. The van der Waals surface area contributed by atoms with Gasteiger partial charge in [-0.15, -0.1) is 0 Å². The standard InChI is InChI=1S/C12H19FN2/c1-10-4-5-12(13)8-11(10)9-14-6-7-15(2)3/h4-5,8,14H,6-7,9H2,1-3H3. The Bertz CT molecular complexity index is 310. The second-order valence-corrected chi connectivity index (χ2v) is 4.05. The zero-order valence-electron chi connectivity index (χ0n) is 9.68. The minimum Gasteiger partial charge on any atom is -0.311 e. The van der Waals surface area contributed by atoms with Gasteiger partial charge in [0.1, 0.15) is 5.82 Å². The number of benzene rings is 1. The molecule has 0 aromatic heterocycles. The molecule has 3 heteroatoms. The van der Waals surface area contributed by atoms with Gasteiger partial charge in [0, 0.05) is 19.6 Å². The molecule has 15 heavy (non-hydrogen) atoms. The lowest BCUT2D eigenvalue weighted by Gasteiger charge is -2.11. The summed E-state index contributed by atoms with van der Waals surface area (Å²) in [6, 6.07) is 4.91. The average Bonchev–Trinajstić information content (AvgIpc) is 2.17. The highest BCUT2D eigenvalue weighted by Crippen LogP contribution is 2.09. The average molecular weight is 210 g/mol. The first-order valence-corrected chi connectivity index (χ1v) is 5.20. The number of halogens is 1. The lowest BCUT2D eigenvalue weighted by atomic mass is 10.1. The highest BCUT2D eigenvalue weighted by atomic mass is 19.1. The van der Waals surface area contributed by atoms with Crippen molar-refractivity contribution in [2.75, 3.05) is 27.2 Å². The molecule has 1 aromatic carbocycles. The molecule has 0 aliphatic carbocycles. The van der Waals surface area contributed by atoms with E-state index in [0.717, 1.165) is 30.8 Å². The van der Waals surface area contributed by atoms with E-state index in [4.69, 9.17) is 0 Å². The van der Waals surface area contributed by atoms with Crippen LogP contribution in [0, 0.1) is 12.7 Å². The molecule has 0 saturated carbocycles. The Labute approximate surface area is 91.1 Å². The molecule has 1 N–H and O–H groups in total. The molecule has 0 saturated heterocycles. The van der Waals surface area contributed by atoms with Gasteiger partial charge in [-0.2, -0.15) is 0 Å². The van der Waals surface area contributed by atoms with Crippen LogP contribution in [0.15, 0.2) is 18.2 Å². The van der Waals surface area contributed by atoms with Crippen molar-refractivity contribution in [3.05, 3.63) is 35.1 Å². The maximum Gasteiger partial charge on any atom is 0.123 e. The summed E-state index contributed by atoms with van der Waals surface area (Å²) in [5.74, 6) is -0.162. The molecular formula is C12H19FN2. The monoisotopic (exact) mass is 210 g/mol. The van der Waals surface area contributed by atoms with Gasteiger partial charge in [-0.3, -0.25) is 0 Å². The summed E-state index contributed by atoms with van der Waals surface area (Å²) < 4.78 is 12.9. The van der Waals surface area contributed by atoms with Gasteiger partial charge in [-0.1, -0.05) is 6.07 Å². The summed E-state index contributed by atoms with van der Waals surface area (Å²) in [4.78, 5) is 2.12. The molecule has 1 aromatic rings. The zero-order valence-corrected chi connectivity index (χ0v) is 9.68. The molecule has 0 bridgehead atoms. The minimum atomic E-state index is -0.162. The second kappa shape index (κ2) is 5.83. The smallest absolute Gasteiger partial charge is 0.123 e. The first kappa shape index (κ1) is 12.1. The molecule has 0 heterocycles.